The molecule has 0 radical (unpaired) electrons. The van der Waals surface area contributed by atoms with Crippen molar-refractivity contribution in [2.45, 2.75) is 17.4 Å². The molecule has 1 aliphatic heterocycles. The highest BCUT2D eigenvalue weighted by Gasteiger charge is 2.39. The standard InChI is InChI=1S/C11H12N2O5S/c1-13-10(15)6-7(11(13)16)12-19(17,18)9-5-3-2-4-8(9)14/h2-5,7,12,14H,6H2,1H3. The van der Waals surface area contributed by atoms with Gasteiger partial charge in [-0.1, -0.05) is 12.1 Å². The predicted octanol–water partition coefficient (Wildman–Crippen LogP) is -0.572. The van der Waals surface area contributed by atoms with Gasteiger partial charge in [0.05, 0.1) is 6.42 Å². The number of hydrogen-bond acceptors (Lipinski definition) is 5. The summed E-state index contributed by atoms with van der Waals surface area (Å²) in [5.74, 6) is -1.47. The average Bonchev–Trinajstić information content (AvgIpc) is 2.57. The van der Waals surface area contributed by atoms with Gasteiger partial charge in [0.1, 0.15) is 16.7 Å². The molecule has 0 bridgehead atoms. The lowest BCUT2D eigenvalue weighted by Gasteiger charge is -2.12. The summed E-state index contributed by atoms with van der Waals surface area (Å²) in [5.41, 5.74) is 0. The summed E-state index contributed by atoms with van der Waals surface area (Å²) in [6, 6.07) is 4.24. The van der Waals surface area contributed by atoms with Crippen LogP contribution in [0.3, 0.4) is 0 Å². The zero-order chi connectivity index (χ0) is 14.2. The number of nitrogens with zero attached hydrogens (tertiary/aromatic N) is 1. The average molecular weight is 284 g/mol. The number of carbonyl (C=O) groups excluding carboxylic acids is 2. The Morgan fingerprint density at radius 3 is 2.47 bits per heavy atom. The highest BCUT2D eigenvalue weighted by atomic mass is 32.2. The molecule has 0 aliphatic carbocycles. The molecule has 1 saturated heterocycles. The van der Waals surface area contributed by atoms with Crippen molar-refractivity contribution in [3.05, 3.63) is 24.3 Å². The van der Waals surface area contributed by atoms with Crippen molar-refractivity contribution in [2.24, 2.45) is 0 Å². The Labute approximate surface area is 109 Å². The van der Waals surface area contributed by atoms with E-state index in [1.54, 1.807) is 0 Å². The fourth-order valence-corrected chi connectivity index (χ4v) is 3.07. The first-order valence-electron chi connectivity index (χ1n) is 5.43. The minimum atomic E-state index is -4.05. The maximum atomic E-state index is 12.0. The zero-order valence-electron chi connectivity index (χ0n) is 10.0. The van der Waals surface area contributed by atoms with Crippen molar-refractivity contribution in [3.8, 4) is 5.75 Å². The van der Waals surface area contributed by atoms with E-state index in [0.29, 0.717) is 0 Å². The molecule has 1 atom stereocenters. The second kappa shape index (κ2) is 4.63. The van der Waals surface area contributed by atoms with Crippen molar-refractivity contribution >= 4 is 21.8 Å². The first kappa shape index (κ1) is 13.5. The van der Waals surface area contributed by atoms with Gasteiger partial charge in [-0.3, -0.25) is 14.5 Å². The van der Waals surface area contributed by atoms with Gasteiger partial charge in [0.25, 0.3) is 0 Å². The van der Waals surface area contributed by atoms with Crippen LogP contribution in [0, 0.1) is 0 Å². The van der Waals surface area contributed by atoms with Crippen LogP contribution in [0.4, 0.5) is 0 Å². The predicted molar refractivity (Wildman–Crippen MR) is 64.6 cm³/mol. The third-order valence-electron chi connectivity index (χ3n) is 2.83. The molecule has 19 heavy (non-hydrogen) atoms. The molecule has 102 valence electrons. The lowest BCUT2D eigenvalue weighted by Crippen LogP contribution is -2.40. The lowest BCUT2D eigenvalue weighted by atomic mass is 10.3. The molecular weight excluding hydrogens is 272 g/mol. The van der Waals surface area contributed by atoms with E-state index in [1.807, 2.05) is 0 Å². The first-order valence-corrected chi connectivity index (χ1v) is 6.92. The Morgan fingerprint density at radius 1 is 1.32 bits per heavy atom. The number of carbonyl (C=O) groups is 2. The van der Waals surface area contributed by atoms with E-state index in [4.69, 9.17) is 0 Å². The van der Waals surface area contributed by atoms with Gasteiger partial charge in [0.2, 0.25) is 21.8 Å². The van der Waals surface area contributed by atoms with Crippen LogP contribution in [-0.4, -0.2) is 43.3 Å². The summed E-state index contributed by atoms with van der Waals surface area (Å²) in [7, 11) is -2.76. The maximum Gasteiger partial charge on any atom is 0.247 e. The van der Waals surface area contributed by atoms with Gasteiger partial charge in [-0.15, -0.1) is 0 Å². The van der Waals surface area contributed by atoms with E-state index in [2.05, 4.69) is 4.72 Å². The second-order valence-electron chi connectivity index (χ2n) is 4.14. The number of sulfonamides is 1. The van der Waals surface area contributed by atoms with Gasteiger partial charge < -0.3 is 5.11 Å². The van der Waals surface area contributed by atoms with Gasteiger partial charge in [-0.05, 0) is 12.1 Å². The van der Waals surface area contributed by atoms with Gasteiger partial charge in [0.15, 0.2) is 0 Å². The lowest BCUT2D eigenvalue weighted by molar-refractivity contribution is -0.137. The molecule has 1 fully saturated rings. The Balaban J connectivity index is 2.27. The Bertz CT molecular complexity index is 640. The molecule has 1 unspecified atom stereocenters. The maximum absolute atomic E-state index is 12.0. The minimum absolute atomic E-state index is 0.220. The number of hydrogen-bond donors (Lipinski definition) is 2. The smallest absolute Gasteiger partial charge is 0.247 e. The number of imide groups is 1. The van der Waals surface area contributed by atoms with E-state index in [9.17, 15) is 23.1 Å². The van der Waals surface area contributed by atoms with E-state index in [1.165, 1.54) is 31.3 Å². The summed E-state index contributed by atoms with van der Waals surface area (Å²) < 4.78 is 26.2. The normalized spacial score (nSPS) is 20.1. The monoisotopic (exact) mass is 284 g/mol. The van der Waals surface area contributed by atoms with Crippen molar-refractivity contribution in [3.63, 3.8) is 0 Å². The van der Waals surface area contributed by atoms with Crippen LogP contribution in [0.5, 0.6) is 5.75 Å². The Kier molecular flexibility index (Phi) is 3.29. The Morgan fingerprint density at radius 2 is 1.95 bits per heavy atom. The fourth-order valence-electron chi connectivity index (χ4n) is 1.78. The molecule has 0 saturated carbocycles. The molecule has 7 nitrogen and oxygen atoms in total. The summed E-state index contributed by atoms with van der Waals surface area (Å²) in [5, 5.41) is 9.51. The molecule has 2 amide bonds. The van der Waals surface area contributed by atoms with Gasteiger partial charge in [-0.2, -0.15) is 4.72 Å². The number of aromatic hydroxyl groups is 1. The van der Waals surface area contributed by atoms with Crippen LogP contribution in [0.25, 0.3) is 0 Å². The van der Waals surface area contributed by atoms with Crippen LogP contribution >= 0.6 is 0 Å². The first-order chi connectivity index (χ1) is 8.83. The highest BCUT2D eigenvalue weighted by molar-refractivity contribution is 7.89. The molecule has 1 heterocycles. The van der Waals surface area contributed by atoms with E-state index >= 15 is 0 Å². The minimum Gasteiger partial charge on any atom is -0.507 e. The van der Waals surface area contributed by atoms with Crippen molar-refractivity contribution in [1.29, 1.82) is 0 Å². The van der Waals surface area contributed by atoms with Crippen LogP contribution in [0.2, 0.25) is 0 Å². The Hall–Kier alpha value is -1.93. The number of benzene rings is 1. The molecule has 2 rings (SSSR count). The topological polar surface area (TPSA) is 104 Å². The SMILES string of the molecule is CN1C(=O)CC(NS(=O)(=O)c2ccccc2O)C1=O. The molecule has 0 aromatic heterocycles. The fraction of sp³-hybridized carbons (Fsp3) is 0.273. The number of phenols is 1. The van der Waals surface area contributed by atoms with Crippen molar-refractivity contribution in [2.75, 3.05) is 7.05 Å². The second-order valence-corrected chi connectivity index (χ2v) is 5.82. The number of amides is 2. The van der Waals surface area contributed by atoms with Crippen molar-refractivity contribution < 1.29 is 23.1 Å². The van der Waals surface area contributed by atoms with E-state index < -0.39 is 33.6 Å². The molecule has 8 heteroatoms. The highest BCUT2D eigenvalue weighted by Crippen LogP contribution is 2.22. The molecule has 1 aromatic rings. The van der Waals surface area contributed by atoms with E-state index in [-0.39, 0.29) is 11.3 Å². The molecule has 2 N–H and O–H groups in total. The summed E-state index contributed by atoms with van der Waals surface area (Å²) in [6.07, 6.45) is -0.220. The number of para-hydroxylation sites is 1. The molecule has 1 aromatic carbocycles. The number of phenolic OH excluding ortho intramolecular Hbond substituents is 1. The number of rotatable bonds is 3. The number of likely N-dealkylation sites (tertiary alicyclic amines) is 1. The zero-order valence-corrected chi connectivity index (χ0v) is 10.8. The quantitative estimate of drug-likeness (QED) is 0.723. The third-order valence-corrected chi connectivity index (χ3v) is 4.35. The molecule has 1 aliphatic rings. The van der Waals surface area contributed by atoms with Gasteiger partial charge >= 0.3 is 0 Å². The number of nitrogens with one attached hydrogen (secondary N) is 1. The summed E-state index contributed by atoms with van der Waals surface area (Å²) in [6.45, 7) is 0. The third kappa shape index (κ3) is 2.45. The molecule has 0 spiro atoms. The van der Waals surface area contributed by atoms with Crippen molar-refractivity contribution in [1.82, 2.24) is 9.62 Å². The van der Waals surface area contributed by atoms with E-state index in [0.717, 1.165) is 4.90 Å². The van der Waals surface area contributed by atoms with Crippen LogP contribution in [0.1, 0.15) is 6.42 Å². The van der Waals surface area contributed by atoms with Crippen LogP contribution in [-0.2, 0) is 19.6 Å². The van der Waals surface area contributed by atoms with Crippen LogP contribution < -0.4 is 4.72 Å². The number of likely N-dealkylation sites (N-methyl/N-ethyl adjacent to an activating group) is 1. The van der Waals surface area contributed by atoms with Gasteiger partial charge in [-0.25, -0.2) is 8.42 Å². The van der Waals surface area contributed by atoms with Crippen LogP contribution in [0.15, 0.2) is 29.2 Å². The molecular formula is C11H12N2O5S. The summed E-state index contributed by atoms with van der Waals surface area (Å²) >= 11 is 0. The largest absolute Gasteiger partial charge is 0.507 e. The summed E-state index contributed by atoms with van der Waals surface area (Å²) in [4.78, 5) is 23.5. The van der Waals surface area contributed by atoms with Gasteiger partial charge in [0, 0.05) is 7.05 Å².